The number of anilines is 1. The molecule has 1 amide bonds. The second kappa shape index (κ2) is 7.70. The third-order valence-corrected chi connectivity index (χ3v) is 3.11. The van der Waals surface area contributed by atoms with Crippen molar-refractivity contribution < 1.29 is 4.79 Å². The van der Waals surface area contributed by atoms with Crippen molar-refractivity contribution in [2.75, 3.05) is 11.9 Å². The molecule has 0 radical (unpaired) electrons. The van der Waals surface area contributed by atoms with Crippen molar-refractivity contribution in [3.63, 3.8) is 0 Å². The maximum Gasteiger partial charge on any atom is 0.284 e. The molecule has 0 spiro atoms. The monoisotopic (exact) mass is 340 g/mol. The fourth-order valence-electron chi connectivity index (χ4n) is 1.49. The predicted molar refractivity (Wildman–Crippen MR) is 81.4 cm³/mol. The van der Waals surface area contributed by atoms with Crippen LogP contribution in [0.5, 0.6) is 0 Å². The highest BCUT2D eigenvalue weighted by atomic mass is 79.9. The minimum absolute atomic E-state index is 0.0442. The van der Waals surface area contributed by atoms with E-state index < -0.39 is 0 Å². The first kappa shape index (κ1) is 16.2. The number of terminal acetylenes is 1. The van der Waals surface area contributed by atoms with Gasteiger partial charge in [0, 0.05) is 19.0 Å². The molecule has 0 aromatic carbocycles. The van der Waals surface area contributed by atoms with E-state index in [1.54, 1.807) is 0 Å². The number of amides is 1. The molecule has 0 fully saturated rings. The zero-order valence-corrected chi connectivity index (χ0v) is 13.0. The molecule has 0 unspecified atom stereocenters. The number of halogens is 1. The largest absolute Gasteiger partial charge is 0.382 e. The van der Waals surface area contributed by atoms with Crippen LogP contribution in [0.25, 0.3) is 0 Å². The molecule has 0 aliphatic carbocycles. The summed E-state index contributed by atoms with van der Waals surface area (Å²) in [7, 11) is 0. The molecule has 1 heterocycles. The van der Waals surface area contributed by atoms with E-state index >= 15 is 0 Å². The van der Waals surface area contributed by atoms with Gasteiger partial charge in [0.05, 0.1) is 11.9 Å². The van der Waals surface area contributed by atoms with Crippen LogP contribution in [0, 0.1) is 12.3 Å². The van der Waals surface area contributed by atoms with E-state index in [1.807, 2.05) is 13.8 Å². The van der Waals surface area contributed by atoms with Gasteiger partial charge in [-0.2, -0.15) is 5.10 Å². The first-order chi connectivity index (χ1) is 9.45. The van der Waals surface area contributed by atoms with E-state index in [1.165, 1.54) is 10.9 Å². The molecular formula is C13H17BrN4O2. The maximum absolute atomic E-state index is 11.9. The van der Waals surface area contributed by atoms with Crippen LogP contribution in [-0.4, -0.2) is 28.3 Å². The van der Waals surface area contributed by atoms with E-state index in [4.69, 9.17) is 6.42 Å². The van der Waals surface area contributed by atoms with Gasteiger partial charge in [-0.15, -0.1) is 6.42 Å². The Labute approximate surface area is 126 Å². The number of nitrogens with one attached hydrogen (secondary N) is 2. The van der Waals surface area contributed by atoms with Crippen LogP contribution >= 0.6 is 15.9 Å². The minimum atomic E-state index is -0.306. The zero-order valence-electron chi connectivity index (χ0n) is 11.4. The normalized spacial score (nSPS) is 10.2. The molecule has 7 heteroatoms. The second-order valence-corrected chi connectivity index (χ2v) is 5.23. The van der Waals surface area contributed by atoms with Gasteiger partial charge in [0.1, 0.15) is 11.0 Å². The summed E-state index contributed by atoms with van der Waals surface area (Å²) in [5, 5.41) is 9.72. The summed E-state index contributed by atoms with van der Waals surface area (Å²) in [6.07, 6.45) is 6.97. The van der Waals surface area contributed by atoms with E-state index in [0.29, 0.717) is 23.1 Å². The minimum Gasteiger partial charge on any atom is -0.382 e. The summed E-state index contributed by atoms with van der Waals surface area (Å²) in [5.41, 5.74) is 0.236. The van der Waals surface area contributed by atoms with Crippen molar-refractivity contribution in [2.45, 2.75) is 32.9 Å². The average molecular weight is 341 g/mol. The van der Waals surface area contributed by atoms with E-state index in [-0.39, 0.29) is 24.1 Å². The Morgan fingerprint density at radius 2 is 2.30 bits per heavy atom. The van der Waals surface area contributed by atoms with Crippen LogP contribution in [0.2, 0.25) is 0 Å². The van der Waals surface area contributed by atoms with E-state index in [2.05, 4.69) is 37.6 Å². The SMILES string of the molecule is C#CCn1ncc(NCCC(=O)NC(C)C)c(Br)c1=O. The van der Waals surface area contributed by atoms with Gasteiger partial charge in [0.25, 0.3) is 5.56 Å². The van der Waals surface area contributed by atoms with Crippen molar-refractivity contribution in [3.05, 3.63) is 21.0 Å². The Bertz CT molecular complexity index is 575. The maximum atomic E-state index is 11.9. The van der Waals surface area contributed by atoms with Crippen LogP contribution in [0.15, 0.2) is 15.5 Å². The van der Waals surface area contributed by atoms with E-state index in [9.17, 15) is 9.59 Å². The molecule has 108 valence electrons. The highest BCUT2D eigenvalue weighted by Crippen LogP contribution is 2.15. The van der Waals surface area contributed by atoms with Gasteiger partial charge in [-0.05, 0) is 29.8 Å². The number of carbonyl (C=O) groups excluding carboxylic acids is 1. The molecule has 0 saturated heterocycles. The predicted octanol–water partition coefficient (Wildman–Crippen LogP) is 0.966. The molecule has 1 rings (SSSR count). The molecule has 0 aliphatic rings. The Kier molecular flexibility index (Phi) is 6.25. The quantitative estimate of drug-likeness (QED) is 0.756. The third kappa shape index (κ3) is 4.70. The molecule has 0 saturated carbocycles. The Balaban J connectivity index is 2.62. The van der Waals surface area contributed by atoms with Gasteiger partial charge in [-0.3, -0.25) is 9.59 Å². The average Bonchev–Trinajstić information content (AvgIpc) is 2.37. The number of nitrogens with zero attached hydrogens (tertiary/aromatic N) is 2. The van der Waals surface area contributed by atoms with Gasteiger partial charge in [-0.1, -0.05) is 5.92 Å². The van der Waals surface area contributed by atoms with Crippen molar-refractivity contribution >= 4 is 27.5 Å². The Hall–Kier alpha value is -1.81. The lowest BCUT2D eigenvalue weighted by molar-refractivity contribution is -0.121. The van der Waals surface area contributed by atoms with Crippen molar-refractivity contribution in [1.82, 2.24) is 15.1 Å². The van der Waals surface area contributed by atoms with Crippen molar-refractivity contribution in [1.29, 1.82) is 0 Å². The second-order valence-electron chi connectivity index (χ2n) is 4.44. The first-order valence-corrected chi connectivity index (χ1v) is 6.97. The summed E-state index contributed by atoms with van der Waals surface area (Å²) >= 11 is 3.20. The summed E-state index contributed by atoms with van der Waals surface area (Å²) < 4.78 is 1.54. The van der Waals surface area contributed by atoms with Gasteiger partial charge >= 0.3 is 0 Å². The molecule has 0 bridgehead atoms. The lowest BCUT2D eigenvalue weighted by Gasteiger charge is -2.11. The highest BCUT2D eigenvalue weighted by Gasteiger charge is 2.09. The molecule has 0 aliphatic heterocycles. The van der Waals surface area contributed by atoms with Gasteiger partial charge in [0.2, 0.25) is 5.91 Å². The fourth-order valence-corrected chi connectivity index (χ4v) is 1.94. The van der Waals surface area contributed by atoms with Crippen molar-refractivity contribution in [2.24, 2.45) is 0 Å². The number of hydrogen-bond donors (Lipinski definition) is 2. The summed E-state index contributed by atoms with van der Waals surface area (Å²) in [6.45, 7) is 4.33. The molecule has 1 aromatic rings. The van der Waals surface area contributed by atoms with Crippen LogP contribution in [0.3, 0.4) is 0 Å². The number of hydrogen-bond acceptors (Lipinski definition) is 4. The Morgan fingerprint density at radius 3 is 2.90 bits per heavy atom. The smallest absolute Gasteiger partial charge is 0.284 e. The standard InChI is InChI=1S/C13H17BrN4O2/c1-4-7-18-13(20)12(14)10(8-16-18)15-6-5-11(19)17-9(2)3/h1,8-9,15H,5-7H2,2-3H3,(H,17,19). The Morgan fingerprint density at radius 1 is 1.60 bits per heavy atom. The van der Waals surface area contributed by atoms with Crippen LogP contribution in [0.4, 0.5) is 5.69 Å². The molecule has 0 atom stereocenters. The highest BCUT2D eigenvalue weighted by molar-refractivity contribution is 9.10. The zero-order chi connectivity index (χ0) is 15.1. The molecule has 20 heavy (non-hydrogen) atoms. The number of carbonyl (C=O) groups is 1. The summed E-state index contributed by atoms with van der Waals surface area (Å²) in [6, 6.07) is 0.114. The van der Waals surface area contributed by atoms with E-state index in [0.717, 1.165) is 0 Å². The topological polar surface area (TPSA) is 76.0 Å². The third-order valence-electron chi connectivity index (χ3n) is 2.34. The van der Waals surface area contributed by atoms with Crippen LogP contribution < -0.4 is 16.2 Å². The number of aromatic nitrogens is 2. The molecule has 2 N–H and O–H groups in total. The first-order valence-electron chi connectivity index (χ1n) is 6.18. The molecule has 1 aromatic heterocycles. The number of rotatable bonds is 6. The van der Waals surface area contributed by atoms with Crippen LogP contribution in [0.1, 0.15) is 20.3 Å². The lowest BCUT2D eigenvalue weighted by Crippen LogP contribution is -2.31. The lowest BCUT2D eigenvalue weighted by atomic mass is 10.3. The summed E-state index contributed by atoms with van der Waals surface area (Å²) in [5.74, 6) is 2.31. The van der Waals surface area contributed by atoms with Gasteiger partial charge < -0.3 is 10.6 Å². The molecular weight excluding hydrogens is 324 g/mol. The van der Waals surface area contributed by atoms with Gasteiger partial charge in [0.15, 0.2) is 0 Å². The molecule has 6 nitrogen and oxygen atoms in total. The van der Waals surface area contributed by atoms with Crippen molar-refractivity contribution in [3.8, 4) is 12.3 Å². The fraction of sp³-hybridized carbons (Fsp3) is 0.462. The van der Waals surface area contributed by atoms with Crippen LogP contribution in [-0.2, 0) is 11.3 Å². The summed E-state index contributed by atoms with van der Waals surface area (Å²) in [4.78, 5) is 23.3. The van der Waals surface area contributed by atoms with Gasteiger partial charge in [-0.25, -0.2) is 4.68 Å².